The van der Waals surface area contributed by atoms with Crippen LogP contribution in [0.1, 0.15) is 10.4 Å². The zero-order chi connectivity index (χ0) is 12.7. The molecule has 0 aliphatic carbocycles. The molecular formula is C12H8BrN3OS. The molecule has 0 saturated carbocycles. The summed E-state index contributed by atoms with van der Waals surface area (Å²) in [6.07, 6.45) is 0. The molecule has 18 heavy (non-hydrogen) atoms. The first kappa shape index (κ1) is 11.4. The van der Waals surface area contributed by atoms with Crippen molar-refractivity contribution in [1.29, 1.82) is 0 Å². The van der Waals surface area contributed by atoms with E-state index in [4.69, 9.17) is 5.73 Å². The number of nitrogens with one attached hydrogen (secondary N) is 1. The van der Waals surface area contributed by atoms with E-state index in [1.807, 2.05) is 18.2 Å². The van der Waals surface area contributed by atoms with Crippen LogP contribution in [0.15, 0.2) is 34.1 Å². The third-order valence-electron chi connectivity index (χ3n) is 2.58. The number of H-pyrrole nitrogens is 1. The van der Waals surface area contributed by atoms with Crippen molar-refractivity contribution < 1.29 is 4.79 Å². The van der Waals surface area contributed by atoms with Crippen LogP contribution in [0.5, 0.6) is 0 Å². The van der Waals surface area contributed by atoms with Crippen LogP contribution in [0.25, 0.3) is 21.7 Å². The summed E-state index contributed by atoms with van der Waals surface area (Å²) in [7, 11) is 0. The maximum absolute atomic E-state index is 11.3. The Balaban J connectivity index is 2.22. The second-order valence-electron chi connectivity index (χ2n) is 3.76. The number of nitrogens with two attached hydrogens (primary N) is 1. The van der Waals surface area contributed by atoms with Crippen molar-refractivity contribution in [3.63, 3.8) is 0 Å². The minimum atomic E-state index is -0.467. The standard InChI is InChI=1S/C12H8BrN3OS/c13-9-5-4-8(18-9)12-15-7-3-1-2-6(11(14)17)10(7)16-12/h1-5H,(H2,14,17)(H,15,16). The number of rotatable bonds is 2. The third-order valence-corrected chi connectivity index (χ3v) is 4.22. The van der Waals surface area contributed by atoms with Gasteiger partial charge < -0.3 is 10.7 Å². The number of para-hydroxylation sites is 1. The Kier molecular flexibility index (Phi) is 2.68. The van der Waals surface area contributed by atoms with Crippen LogP contribution in [0, 0.1) is 0 Å². The highest BCUT2D eigenvalue weighted by Crippen LogP contribution is 2.31. The van der Waals surface area contributed by atoms with Crippen molar-refractivity contribution in [2.45, 2.75) is 0 Å². The molecule has 1 aromatic carbocycles. The van der Waals surface area contributed by atoms with E-state index in [9.17, 15) is 4.79 Å². The highest BCUT2D eigenvalue weighted by molar-refractivity contribution is 9.11. The topological polar surface area (TPSA) is 71.8 Å². The minimum Gasteiger partial charge on any atom is -0.366 e. The van der Waals surface area contributed by atoms with E-state index in [1.54, 1.807) is 23.5 Å². The highest BCUT2D eigenvalue weighted by Gasteiger charge is 2.12. The van der Waals surface area contributed by atoms with Gasteiger partial charge in [0.25, 0.3) is 5.91 Å². The highest BCUT2D eigenvalue weighted by atomic mass is 79.9. The summed E-state index contributed by atoms with van der Waals surface area (Å²) in [6.45, 7) is 0. The molecule has 6 heteroatoms. The second-order valence-corrected chi connectivity index (χ2v) is 6.22. The molecule has 0 unspecified atom stereocenters. The molecule has 0 aliphatic rings. The van der Waals surface area contributed by atoms with Gasteiger partial charge in [-0.2, -0.15) is 0 Å². The van der Waals surface area contributed by atoms with E-state index in [-0.39, 0.29) is 0 Å². The maximum Gasteiger partial charge on any atom is 0.250 e. The van der Waals surface area contributed by atoms with Gasteiger partial charge in [-0.05, 0) is 40.2 Å². The van der Waals surface area contributed by atoms with Crippen LogP contribution in [0.4, 0.5) is 0 Å². The van der Waals surface area contributed by atoms with Gasteiger partial charge in [-0.15, -0.1) is 11.3 Å². The van der Waals surface area contributed by atoms with E-state index in [0.29, 0.717) is 11.1 Å². The van der Waals surface area contributed by atoms with Crippen molar-refractivity contribution in [3.05, 3.63) is 39.7 Å². The molecule has 3 rings (SSSR count). The lowest BCUT2D eigenvalue weighted by Crippen LogP contribution is -2.11. The molecule has 0 spiro atoms. The van der Waals surface area contributed by atoms with E-state index in [0.717, 1.165) is 20.0 Å². The number of primary amides is 1. The summed E-state index contributed by atoms with van der Waals surface area (Å²) < 4.78 is 1.04. The molecule has 3 aromatic rings. The molecule has 3 N–H and O–H groups in total. The van der Waals surface area contributed by atoms with Gasteiger partial charge in [-0.1, -0.05) is 6.07 Å². The van der Waals surface area contributed by atoms with Crippen molar-refractivity contribution in [2.75, 3.05) is 0 Å². The van der Waals surface area contributed by atoms with Gasteiger partial charge >= 0.3 is 0 Å². The van der Waals surface area contributed by atoms with Crippen molar-refractivity contribution in [1.82, 2.24) is 9.97 Å². The predicted octanol–water partition coefficient (Wildman–Crippen LogP) is 3.15. The first-order chi connectivity index (χ1) is 8.65. The quantitative estimate of drug-likeness (QED) is 0.761. The monoisotopic (exact) mass is 321 g/mol. The zero-order valence-electron chi connectivity index (χ0n) is 9.11. The molecule has 0 aliphatic heterocycles. The molecular weight excluding hydrogens is 314 g/mol. The lowest BCUT2D eigenvalue weighted by molar-refractivity contribution is 0.100. The number of aromatic nitrogens is 2. The van der Waals surface area contributed by atoms with Gasteiger partial charge in [0.2, 0.25) is 0 Å². The summed E-state index contributed by atoms with van der Waals surface area (Å²) in [5.41, 5.74) is 7.20. The maximum atomic E-state index is 11.3. The van der Waals surface area contributed by atoms with Crippen LogP contribution in [0.3, 0.4) is 0 Å². The molecule has 0 saturated heterocycles. The molecule has 0 radical (unpaired) electrons. The number of aromatic amines is 1. The van der Waals surface area contributed by atoms with Crippen LogP contribution in [-0.4, -0.2) is 15.9 Å². The number of carbonyl (C=O) groups excluding carboxylic acids is 1. The fourth-order valence-corrected chi connectivity index (χ4v) is 3.12. The smallest absolute Gasteiger partial charge is 0.250 e. The predicted molar refractivity (Wildman–Crippen MR) is 75.6 cm³/mol. The number of imidazole rings is 1. The first-order valence-electron chi connectivity index (χ1n) is 5.19. The van der Waals surface area contributed by atoms with Crippen molar-refractivity contribution in [3.8, 4) is 10.7 Å². The molecule has 0 bridgehead atoms. The molecule has 90 valence electrons. The van der Waals surface area contributed by atoms with Gasteiger partial charge in [0.1, 0.15) is 11.3 Å². The SMILES string of the molecule is NC(=O)c1cccc2[nH]c(-c3ccc(Br)s3)nc12. The molecule has 0 atom stereocenters. The van der Waals surface area contributed by atoms with Gasteiger partial charge in [0, 0.05) is 0 Å². The summed E-state index contributed by atoms with van der Waals surface area (Å²) in [6, 6.07) is 9.27. The number of benzene rings is 1. The van der Waals surface area contributed by atoms with E-state index >= 15 is 0 Å². The molecule has 0 fully saturated rings. The molecule has 2 aromatic heterocycles. The minimum absolute atomic E-state index is 0.436. The largest absolute Gasteiger partial charge is 0.366 e. The van der Waals surface area contributed by atoms with Crippen LogP contribution >= 0.6 is 27.3 Å². The Hall–Kier alpha value is -1.66. The normalized spacial score (nSPS) is 10.9. The van der Waals surface area contributed by atoms with Crippen molar-refractivity contribution >= 4 is 44.2 Å². The van der Waals surface area contributed by atoms with Gasteiger partial charge in [-0.3, -0.25) is 4.79 Å². The third kappa shape index (κ3) is 1.83. The summed E-state index contributed by atoms with van der Waals surface area (Å²) in [4.78, 5) is 20.0. The average molecular weight is 322 g/mol. The Morgan fingerprint density at radius 1 is 1.33 bits per heavy atom. The first-order valence-corrected chi connectivity index (χ1v) is 6.80. The number of thiophene rings is 1. The van der Waals surface area contributed by atoms with Gasteiger partial charge in [0.15, 0.2) is 0 Å². The summed E-state index contributed by atoms with van der Waals surface area (Å²) in [5, 5.41) is 0. The van der Waals surface area contributed by atoms with Crippen LogP contribution in [0.2, 0.25) is 0 Å². The molecule has 4 nitrogen and oxygen atoms in total. The number of nitrogens with zero attached hydrogens (tertiary/aromatic N) is 1. The number of hydrogen-bond acceptors (Lipinski definition) is 3. The van der Waals surface area contributed by atoms with Crippen LogP contribution in [-0.2, 0) is 0 Å². The Morgan fingerprint density at radius 3 is 2.83 bits per heavy atom. The lowest BCUT2D eigenvalue weighted by atomic mass is 10.2. The fraction of sp³-hybridized carbons (Fsp3) is 0. The number of halogens is 1. The molecule has 1 amide bonds. The Bertz CT molecular complexity index is 747. The lowest BCUT2D eigenvalue weighted by Gasteiger charge is -1.94. The number of hydrogen-bond donors (Lipinski definition) is 2. The summed E-state index contributed by atoms with van der Waals surface area (Å²) in [5.74, 6) is 0.278. The summed E-state index contributed by atoms with van der Waals surface area (Å²) >= 11 is 4.99. The number of fused-ring (bicyclic) bond motifs is 1. The number of carbonyl (C=O) groups is 1. The molecule has 2 heterocycles. The van der Waals surface area contributed by atoms with E-state index in [2.05, 4.69) is 25.9 Å². The second kappa shape index (κ2) is 4.22. The fourth-order valence-electron chi connectivity index (χ4n) is 1.79. The van der Waals surface area contributed by atoms with E-state index < -0.39 is 5.91 Å². The Morgan fingerprint density at radius 2 is 2.17 bits per heavy atom. The average Bonchev–Trinajstić information content (AvgIpc) is 2.93. The van der Waals surface area contributed by atoms with Gasteiger partial charge in [-0.25, -0.2) is 4.98 Å². The Labute approximate surface area is 115 Å². The zero-order valence-corrected chi connectivity index (χ0v) is 11.5. The van der Waals surface area contributed by atoms with Crippen molar-refractivity contribution in [2.24, 2.45) is 5.73 Å². The van der Waals surface area contributed by atoms with Gasteiger partial charge in [0.05, 0.1) is 19.7 Å². The number of amides is 1. The van der Waals surface area contributed by atoms with E-state index in [1.165, 1.54) is 0 Å². The van der Waals surface area contributed by atoms with Crippen LogP contribution < -0.4 is 5.73 Å².